The maximum atomic E-state index is 12.0. The van der Waals surface area contributed by atoms with Gasteiger partial charge in [0.1, 0.15) is 11.5 Å². The Bertz CT molecular complexity index is 834. The molecular formula is C17H18N4O3S2. The molecule has 1 amide bonds. The minimum atomic E-state index is -0.167. The van der Waals surface area contributed by atoms with Crippen molar-refractivity contribution in [1.82, 2.24) is 15.5 Å². The molecule has 0 saturated carbocycles. The van der Waals surface area contributed by atoms with Crippen molar-refractivity contribution >= 4 is 39.8 Å². The van der Waals surface area contributed by atoms with E-state index >= 15 is 0 Å². The van der Waals surface area contributed by atoms with Gasteiger partial charge in [-0.2, -0.15) is 0 Å². The van der Waals surface area contributed by atoms with E-state index in [1.54, 1.807) is 19.4 Å². The Labute approximate surface area is 159 Å². The van der Waals surface area contributed by atoms with Crippen molar-refractivity contribution < 1.29 is 13.9 Å². The molecule has 1 aromatic carbocycles. The minimum absolute atomic E-state index is 0.0845. The molecule has 0 aliphatic rings. The summed E-state index contributed by atoms with van der Waals surface area (Å²) in [5.74, 6) is 1.70. The number of benzene rings is 1. The molecule has 1 unspecified atom stereocenters. The van der Waals surface area contributed by atoms with Gasteiger partial charge in [-0.25, -0.2) is 0 Å². The maximum absolute atomic E-state index is 12.0. The molecule has 0 bridgehead atoms. The Morgan fingerprint density at radius 2 is 2.12 bits per heavy atom. The number of nitrogens with one attached hydrogen (secondary N) is 2. The van der Waals surface area contributed by atoms with Gasteiger partial charge in [-0.05, 0) is 43.3 Å². The number of aromatic nitrogens is 2. The lowest BCUT2D eigenvalue weighted by Crippen LogP contribution is -2.27. The van der Waals surface area contributed by atoms with E-state index in [1.165, 1.54) is 23.1 Å². The van der Waals surface area contributed by atoms with E-state index in [4.69, 9.17) is 9.15 Å². The maximum Gasteiger partial charge on any atom is 0.231 e. The van der Waals surface area contributed by atoms with E-state index in [0.29, 0.717) is 5.13 Å². The first-order valence-electron chi connectivity index (χ1n) is 7.84. The van der Waals surface area contributed by atoms with E-state index in [9.17, 15) is 4.79 Å². The standard InChI is InChI=1S/C17H18N4O3S2/c1-11(14-4-3-9-24-14)18-15(22)10-25-17-21-20-16(26-17)19-12-5-7-13(23-2)8-6-12/h3-9,11H,10H2,1-2H3,(H,18,22)(H,19,20). The van der Waals surface area contributed by atoms with Crippen LogP contribution < -0.4 is 15.4 Å². The molecule has 0 aliphatic carbocycles. The summed E-state index contributed by atoms with van der Waals surface area (Å²) in [4.78, 5) is 12.0. The highest BCUT2D eigenvalue weighted by atomic mass is 32.2. The fourth-order valence-electron chi connectivity index (χ4n) is 2.14. The third-order valence-electron chi connectivity index (χ3n) is 3.42. The number of anilines is 2. The smallest absolute Gasteiger partial charge is 0.231 e. The summed E-state index contributed by atoms with van der Waals surface area (Å²) in [5.41, 5.74) is 0.892. The number of methoxy groups -OCH3 is 1. The molecule has 2 aromatic heterocycles. The number of hydrogen-bond donors (Lipinski definition) is 2. The number of amides is 1. The van der Waals surface area contributed by atoms with E-state index in [1.807, 2.05) is 37.3 Å². The van der Waals surface area contributed by atoms with Gasteiger partial charge in [0.15, 0.2) is 4.34 Å². The molecule has 26 heavy (non-hydrogen) atoms. The van der Waals surface area contributed by atoms with E-state index in [2.05, 4.69) is 20.8 Å². The Kier molecular flexibility index (Phi) is 6.13. The molecule has 0 fully saturated rings. The predicted molar refractivity (Wildman–Crippen MR) is 102 cm³/mol. The average molecular weight is 390 g/mol. The van der Waals surface area contributed by atoms with Gasteiger partial charge in [0.05, 0.1) is 25.2 Å². The van der Waals surface area contributed by atoms with Crippen LogP contribution >= 0.6 is 23.1 Å². The summed E-state index contributed by atoms with van der Waals surface area (Å²) >= 11 is 2.74. The molecule has 7 nitrogen and oxygen atoms in total. The second-order valence-electron chi connectivity index (χ2n) is 5.32. The fourth-order valence-corrected chi connectivity index (χ4v) is 3.72. The molecule has 9 heteroatoms. The minimum Gasteiger partial charge on any atom is -0.497 e. The van der Waals surface area contributed by atoms with Crippen molar-refractivity contribution in [2.45, 2.75) is 17.3 Å². The number of rotatable bonds is 8. The number of thioether (sulfide) groups is 1. The first-order valence-corrected chi connectivity index (χ1v) is 9.64. The van der Waals surface area contributed by atoms with Crippen molar-refractivity contribution in [2.75, 3.05) is 18.2 Å². The number of hydrogen-bond acceptors (Lipinski definition) is 8. The van der Waals surface area contributed by atoms with Crippen LogP contribution in [0.2, 0.25) is 0 Å². The molecule has 3 aromatic rings. The molecule has 1 atom stereocenters. The van der Waals surface area contributed by atoms with Crippen molar-refractivity contribution in [3.63, 3.8) is 0 Å². The third-order valence-corrected chi connectivity index (χ3v) is 5.39. The van der Waals surface area contributed by atoms with Crippen molar-refractivity contribution in [3.8, 4) is 5.75 Å². The molecule has 136 valence electrons. The summed E-state index contributed by atoms with van der Waals surface area (Å²) in [6.07, 6.45) is 1.59. The number of furan rings is 1. The first kappa shape index (κ1) is 18.3. The molecule has 3 rings (SSSR count). The van der Waals surface area contributed by atoms with Crippen LogP contribution in [-0.4, -0.2) is 29.0 Å². The van der Waals surface area contributed by atoms with Crippen LogP contribution in [0.25, 0.3) is 0 Å². The van der Waals surface area contributed by atoms with Gasteiger partial charge in [-0.3, -0.25) is 4.79 Å². The van der Waals surface area contributed by atoms with Crippen LogP contribution in [0.15, 0.2) is 51.4 Å². The molecule has 0 saturated heterocycles. The molecule has 0 spiro atoms. The first-order chi connectivity index (χ1) is 12.6. The van der Waals surface area contributed by atoms with Gasteiger partial charge >= 0.3 is 0 Å². The highest BCUT2D eigenvalue weighted by Crippen LogP contribution is 2.28. The average Bonchev–Trinajstić information content (AvgIpc) is 3.33. The van der Waals surface area contributed by atoms with Crippen molar-refractivity contribution in [2.24, 2.45) is 0 Å². The summed E-state index contributed by atoms with van der Waals surface area (Å²) in [5, 5.41) is 14.9. The van der Waals surface area contributed by atoms with E-state index < -0.39 is 0 Å². The topological polar surface area (TPSA) is 89.3 Å². The Hall–Kier alpha value is -2.52. The Balaban J connectivity index is 1.47. The van der Waals surface area contributed by atoms with Crippen LogP contribution in [0.4, 0.5) is 10.8 Å². The zero-order valence-corrected chi connectivity index (χ0v) is 15.9. The van der Waals surface area contributed by atoms with Crippen LogP contribution in [0.5, 0.6) is 5.75 Å². The number of ether oxygens (including phenoxy) is 1. The summed E-state index contributed by atoms with van der Waals surface area (Å²) in [7, 11) is 1.63. The lowest BCUT2D eigenvalue weighted by molar-refractivity contribution is -0.119. The zero-order valence-electron chi connectivity index (χ0n) is 14.3. The lowest BCUT2D eigenvalue weighted by atomic mass is 10.2. The highest BCUT2D eigenvalue weighted by molar-refractivity contribution is 8.01. The number of carbonyl (C=O) groups is 1. The largest absolute Gasteiger partial charge is 0.497 e. The van der Waals surface area contributed by atoms with Crippen LogP contribution in [0, 0.1) is 0 Å². The van der Waals surface area contributed by atoms with Crippen molar-refractivity contribution in [1.29, 1.82) is 0 Å². The van der Waals surface area contributed by atoms with Gasteiger partial charge in [-0.15, -0.1) is 10.2 Å². The second-order valence-corrected chi connectivity index (χ2v) is 7.52. The molecule has 2 heterocycles. The zero-order chi connectivity index (χ0) is 18.4. The molecule has 0 radical (unpaired) electrons. The number of nitrogens with zero attached hydrogens (tertiary/aromatic N) is 2. The van der Waals surface area contributed by atoms with Gasteiger partial charge in [0.25, 0.3) is 0 Å². The van der Waals surface area contributed by atoms with Gasteiger partial charge in [0, 0.05) is 5.69 Å². The highest BCUT2D eigenvalue weighted by Gasteiger charge is 2.13. The van der Waals surface area contributed by atoms with E-state index in [-0.39, 0.29) is 17.7 Å². The molecule has 2 N–H and O–H groups in total. The molecule has 0 aliphatic heterocycles. The SMILES string of the molecule is COc1ccc(Nc2nnc(SCC(=O)NC(C)c3ccco3)s2)cc1. The molecular weight excluding hydrogens is 372 g/mol. The fraction of sp³-hybridized carbons (Fsp3) is 0.235. The summed E-state index contributed by atoms with van der Waals surface area (Å²) in [6.45, 7) is 1.88. The summed E-state index contributed by atoms with van der Waals surface area (Å²) in [6, 6.07) is 11.0. The van der Waals surface area contributed by atoms with Crippen molar-refractivity contribution in [3.05, 3.63) is 48.4 Å². The lowest BCUT2D eigenvalue weighted by Gasteiger charge is -2.10. The van der Waals surface area contributed by atoms with E-state index in [0.717, 1.165) is 21.5 Å². The quantitative estimate of drug-likeness (QED) is 0.565. The Morgan fingerprint density at radius 3 is 2.81 bits per heavy atom. The predicted octanol–water partition coefficient (Wildman–Crippen LogP) is 3.85. The Morgan fingerprint density at radius 1 is 1.31 bits per heavy atom. The van der Waals surface area contributed by atoms with Crippen LogP contribution in [0.3, 0.4) is 0 Å². The second kappa shape index (κ2) is 8.72. The third kappa shape index (κ3) is 4.99. The van der Waals surface area contributed by atoms with Crippen LogP contribution in [-0.2, 0) is 4.79 Å². The van der Waals surface area contributed by atoms with Gasteiger partial charge in [0.2, 0.25) is 11.0 Å². The van der Waals surface area contributed by atoms with Gasteiger partial charge < -0.3 is 19.8 Å². The van der Waals surface area contributed by atoms with Gasteiger partial charge in [-0.1, -0.05) is 23.1 Å². The van der Waals surface area contributed by atoms with Crippen LogP contribution in [0.1, 0.15) is 18.7 Å². The summed E-state index contributed by atoms with van der Waals surface area (Å²) < 4.78 is 11.1. The normalized spacial score (nSPS) is 11.8. The number of carbonyl (C=O) groups excluding carboxylic acids is 1. The monoisotopic (exact) mass is 390 g/mol.